The molecule has 160 valence electrons. The van der Waals surface area contributed by atoms with Crippen molar-refractivity contribution >= 4 is 39.1 Å². The Labute approximate surface area is 181 Å². The Morgan fingerprint density at radius 2 is 1.93 bits per heavy atom. The average molecular weight is 447 g/mol. The molecule has 2 atom stereocenters. The lowest BCUT2D eigenvalue weighted by atomic mass is 10.0. The van der Waals surface area contributed by atoms with Gasteiger partial charge in [0.2, 0.25) is 11.8 Å². The number of carbonyl (C=O) groups excluding carboxylic acids is 2. The summed E-state index contributed by atoms with van der Waals surface area (Å²) in [5, 5.41) is 5.40. The van der Waals surface area contributed by atoms with Crippen LogP contribution < -0.4 is 10.6 Å². The highest BCUT2D eigenvalue weighted by molar-refractivity contribution is 8.01. The molecule has 0 bridgehead atoms. The number of hydrogen-bond donors (Lipinski definition) is 2. The number of hydrogen-bond acceptors (Lipinski definition) is 5. The Balaban J connectivity index is 1.57. The molecule has 2 aromatic carbocycles. The van der Waals surface area contributed by atoms with Gasteiger partial charge in [0.15, 0.2) is 9.84 Å². The molecule has 0 spiro atoms. The number of amides is 2. The van der Waals surface area contributed by atoms with Gasteiger partial charge < -0.3 is 10.6 Å². The monoisotopic (exact) mass is 446 g/mol. The van der Waals surface area contributed by atoms with Crippen molar-refractivity contribution in [1.29, 1.82) is 0 Å². The molecular formula is C22H26N2O4S2. The first kappa shape index (κ1) is 22.4. The summed E-state index contributed by atoms with van der Waals surface area (Å²) in [6.07, 6.45) is 0.566. The lowest BCUT2D eigenvalue weighted by Crippen LogP contribution is -2.29. The largest absolute Gasteiger partial charge is 0.355 e. The number of nitrogens with one attached hydrogen (secondary N) is 2. The zero-order valence-electron chi connectivity index (χ0n) is 17.1. The molecular weight excluding hydrogens is 420 g/mol. The first-order chi connectivity index (χ1) is 14.3. The Morgan fingerprint density at radius 1 is 1.20 bits per heavy atom. The molecule has 6 nitrogen and oxygen atoms in total. The van der Waals surface area contributed by atoms with Crippen LogP contribution in [0.5, 0.6) is 0 Å². The lowest BCUT2D eigenvalue weighted by Gasteiger charge is -2.23. The molecule has 8 heteroatoms. The summed E-state index contributed by atoms with van der Waals surface area (Å²) in [4.78, 5) is 25.0. The van der Waals surface area contributed by atoms with E-state index in [1.54, 1.807) is 12.1 Å². The van der Waals surface area contributed by atoms with Gasteiger partial charge in [0.05, 0.1) is 21.6 Å². The molecule has 2 N–H and O–H groups in total. The van der Waals surface area contributed by atoms with E-state index in [2.05, 4.69) is 10.6 Å². The molecule has 0 aliphatic carbocycles. The Hall–Kier alpha value is -2.32. The van der Waals surface area contributed by atoms with Crippen LogP contribution in [0.2, 0.25) is 0 Å². The van der Waals surface area contributed by atoms with Crippen LogP contribution >= 0.6 is 11.8 Å². The van der Waals surface area contributed by atoms with Gasteiger partial charge in [0.25, 0.3) is 0 Å². The maximum Gasteiger partial charge on any atom is 0.237 e. The lowest BCUT2D eigenvalue weighted by molar-refractivity contribution is -0.120. The van der Waals surface area contributed by atoms with E-state index in [4.69, 9.17) is 0 Å². The van der Waals surface area contributed by atoms with Gasteiger partial charge in [0.1, 0.15) is 0 Å². The summed E-state index contributed by atoms with van der Waals surface area (Å²) in [6.45, 7) is 4.38. The molecule has 2 unspecified atom stereocenters. The molecule has 1 heterocycles. The van der Waals surface area contributed by atoms with Crippen LogP contribution in [-0.4, -0.2) is 37.8 Å². The highest BCUT2D eigenvalue weighted by Crippen LogP contribution is 2.38. The zero-order chi connectivity index (χ0) is 21.7. The van der Waals surface area contributed by atoms with E-state index in [1.165, 1.54) is 17.8 Å². The Bertz CT molecular complexity index is 1020. The van der Waals surface area contributed by atoms with Crippen molar-refractivity contribution in [3.05, 3.63) is 54.1 Å². The predicted octanol–water partition coefficient (Wildman–Crippen LogP) is 3.59. The van der Waals surface area contributed by atoms with Gasteiger partial charge in [0, 0.05) is 17.9 Å². The van der Waals surface area contributed by atoms with Crippen molar-refractivity contribution < 1.29 is 18.0 Å². The topological polar surface area (TPSA) is 92.3 Å². The van der Waals surface area contributed by atoms with Crippen LogP contribution in [0.3, 0.4) is 0 Å². The predicted molar refractivity (Wildman–Crippen MR) is 120 cm³/mol. The van der Waals surface area contributed by atoms with Gasteiger partial charge in [-0.05, 0) is 36.1 Å². The van der Waals surface area contributed by atoms with Crippen LogP contribution in [-0.2, 0) is 19.4 Å². The minimum absolute atomic E-state index is 0.0630. The third kappa shape index (κ3) is 5.43. The van der Waals surface area contributed by atoms with Crippen molar-refractivity contribution in [3.8, 4) is 0 Å². The second kappa shape index (κ2) is 9.66. The third-order valence-corrected chi connectivity index (χ3v) is 8.21. The number of rotatable bonds is 8. The maximum absolute atomic E-state index is 12.7. The number of benzene rings is 2. The standard InChI is InChI=1S/C22H26N2O4S2/c1-3-19-22(26)24-18-10-9-17(13-20(18)29-19)30(27,28)12-11-21(25)23-14-15(2)16-7-5-4-6-8-16/h4-10,13,15,19H,3,11-12,14H2,1-2H3,(H,23,25)(H,24,26). The van der Waals surface area contributed by atoms with Crippen LogP contribution in [0.1, 0.15) is 38.2 Å². The fraction of sp³-hybridized carbons (Fsp3) is 0.364. The molecule has 0 radical (unpaired) electrons. The van der Waals surface area contributed by atoms with E-state index in [9.17, 15) is 18.0 Å². The van der Waals surface area contributed by atoms with Crippen LogP contribution in [0.4, 0.5) is 5.69 Å². The fourth-order valence-corrected chi connectivity index (χ4v) is 5.60. The van der Waals surface area contributed by atoms with Crippen molar-refractivity contribution in [1.82, 2.24) is 5.32 Å². The molecule has 0 aromatic heterocycles. The molecule has 0 saturated carbocycles. The normalized spacial score (nSPS) is 17.0. The number of sulfone groups is 1. The maximum atomic E-state index is 12.7. The summed E-state index contributed by atoms with van der Waals surface area (Å²) in [6, 6.07) is 14.5. The van der Waals surface area contributed by atoms with Gasteiger partial charge in [-0.2, -0.15) is 0 Å². The van der Waals surface area contributed by atoms with E-state index >= 15 is 0 Å². The van der Waals surface area contributed by atoms with Gasteiger partial charge >= 0.3 is 0 Å². The SMILES string of the molecule is CCC1Sc2cc(S(=O)(=O)CCC(=O)NCC(C)c3ccccc3)ccc2NC1=O. The number of fused-ring (bicyclic) bond motifs is 1. The zero-order valence-corrected chi connectivity index (χ0v) is 18.7. The molecule has 1 aliphatic rings. The van der Waals surface area contributed by atoms with Crippen LogP contribution in [0.15, 0.2) is 58.3 Å². The Morgan fingerprint density at radius 3 is 2.63 bits per heavy atom. The molecule has 3 rings (SSSR count). The van der Waals surface area contributed by atoms with Crippen molar-refractivity contribution in [3.63, 3.8) is 0 Å². The molecule has 0 saturated heterocycles. The van der Waals surface area contributed by atoms with E-state index in [0.717, 1.165) is 10.5 Å². The van der Waals surface area contributed by atoms with E-state index in [0.29, 0.717) is 18.7 Å². The highest BCUT2D eigenvalue weighted by Gasteiger charge is 2.27. The second-order valence-corrected chi connectivity index (χ2v) is 10.7. The summed E-state index contributed by atoms with van der Waals surface area (Å²) < 4.78 is 25.4. The molecule has 30 heavy (non-hydrogen) atoms. The van der Waals surface area contributed by atoms with Crippen molar-refractivity contribution in [2.75, 3.05) is 17.6 Å². The highest BCUT2D eigenvalue weighted by atomic mass is 32.2. The van der Waals surface area contributed by atoms with E-state index < -0.39 is 9.84 Å². The summed E-state index contributed by atoms with van der Waals surface area (Å²) in [7, 11) is -3.60. The Kier molecular flexibility index (Phi) is 7.20. The van der Waals surface area contributed by atoms with E-state index in [-0.39, 0.29) is 40.1 Å². The first-order valence-electron chi connectivity index (χ1n) is 9.96. The van der Waals surface area contributed by atoms with Gasteiger partial charge in [-0.1, -0.05) is 44.2 Å². The van der Waals surface area contributed by atoms with Crippen LogP contribution in [0.25, 0.3) is 0 Å². The average Bonchev–Trinajstić information content (AvgIpc) is 2.75. The number of carbonyl (C=O) groups is 2. The molecule has 2 amide bonds. The molecule has 1 aliphatic heterocycles. The fourth-order valence-electron chi connectivity index (χ4n) is 3.19. The molecule has 2 aromatic rings. The van der Waals surface area contributed by atoms with Crippen molar-refractivity contribution in [2.24, 2.45) is 0 Å². The minimum Gasteiger partial charge on any atom is -0.355 e. The van der Waals surface area contributed by atoms with Crippen LogP contribution in [0, 0.1) is 0 Å². The minimum atomic E-state index is -3.60. The molecule has 0 fully saturated rings. The smallest absolute Gasteiger partial charge is 0.237 e. The third-order valence-electron chi connectivity index (χ3n) is 5.07. The van der Waals surface area contributed by atoms with Gasteiger partial charge in [-0.15, -0.1) is 11.8 Å². The van der Waals surface area contributed by atoms with Gasteiger partial charge in [-0.3, -0.25) is 9.59 Å². The second-order valence-electron chi connectivity index (χ2n) is 7.35. The van der Waals surface area contributed by atoms with Gasteiger partial charge in [-0.25, -0.2) is 8.42 Å². The van der Waals surface area contributed by atoms with Crippen molar-refractivity contribution in [2.45, 2.75) is 47.6 Å². The quantitative estimate of drug-likeness (QED) is 0.646. The summed E-state index contributed by atoms with van der Waals surface area (Å²) >= 11 is 1.37. The number of anilines is 1. The summed E-state index contributed by atoms with van der Waals surface area (Å²) in [5.74, 6) is -0.462. The number of thioether (sulfide) groups is 1. The summed E-state index contributed by atoms with van der Waals surface area (Å²) in [5.41, 5.74) is 1.75. The van der Waals surface area contributed by atoms with E-state index in [1.807, 2.05) is 44.2 Å². The first-order valence-corrected chi connectivity index (χ1v) is 12.5.